The number of fused-ring (bicyclic) bond motifs is 1. The van der Waals surface area contributed by atoms with Crippen LogP contribution in [0, 0.1) is 0 Å². The minimum atomic E-state index is -3.64. The van der Waals surface area contributed by atoms with E-state index in [9.17, 15) is 13.2 Å². The highest BCUT2D eigenvalue weighted by Crippen LogP contribution is 2.31. The van der Waals surface area contributed by atoms with Crippen LogP contribution in [0.1, 0.15) is 44.4 Å². The van der Waals surface area contributed by atoms with Crippen molar-refractivity contribution >= 4 is 16.0 Å². The molecule has 1 aliphatic carbocycles. The summed E-state index contributed by atoms with van der Waals surface area (Å²) in [5, 5.41) is 0. The van der Waals surface area contributed by atoms with Crippen LogP contribution in [-0.4, -0.2) is 20.4 Å². The Balaban J connectivity index is 1.81. The minimum Gasteiger partial charge on any atom is -0.427 e. The predicted octanol–water partition coefficient (Wildman–Crippen LogP) is 3.36. The summed E-state index contributed by atoms with van der Waals surface area (Å²) in [7, 11) is -3.64. The number of sulfonamides is 1. The molecule has 27 heavy (non-hydrogen) atoms. The molecule has 0 spiro atoms. The van der Waals surface area contributed by atoms with Gasteiger partial charge in [-0.15, -0.1) is 0 Å². The maximum Gasteiger partial charge on any atom is 0.308 e. The van der Waals surface area contributed by atoms with Crippen LogP contribution in [0.3, 0.4) is 0 Å². The van der Waals surface area contributed by atoms with Crippen LogP contribution in [0.4, 0.5) is 0 Å². The molecule has 0 radical (unpaired) electrons. The molecule has 0 saturated heterocycles. The number of ether oxygens (including phenoxy) is 1. The van der Waals surface area contributed by atoms with Crippen molar-refractivity contribution < 1.29 is 17.9 Å². The number of carbonyl (C=O) groups excluding carboxylic acids is 1. The van der Waals surface area contributed by atoms with Crippen LogP contribution in [0.2, 0.25) is 0 Å². The van der Waals surface area contributed by atoms with Crippen LogP contribution in [0.15, 0.2) is 47.4 Å². The lowest BCUT2D eigenvalue weighted by molar-refractivity contribution is -0.131. The van der Waals surface area contributed by atoms with Gasteiger partial charge < -0.3 is 4.74 Å². The lowest BCUT2D eigenvalue weighted by Crippen LogP contribution is -2.36. The quantitative estimate of drug-likeness (QED) is 0.645. The molecule has 0 amide bonds. The van der Waals surface area contributed by atoms with Crippen LogP contribution in [-0.2, 0) is 33.1 Å². The van der Waals surface area contributed by atoms with Gasteiger partial charge in [0.2, 0.25) is 10.0 Å². The maximum atomic E-state index is 13.0. The van der Waals surface area contributed by atoms with E-state index >= 15 is 0 Å². The molecule has 1 aliphatic rings. The third-order valence-electron chi connectivity index (χ3n) is 4.68. The molecule has 0 saturated carbocycles. The molecule has 0 heterocycles. The second-order valence-electron chi connectivity index (χ2n) is 8.00. The standard InChI is InChI=1S/C21H25NO4S/c1-14(23)26-18-10-9-15-11-17(12-16(15)13-18)22-27(24,25)20-8-6-5-7-19(20)21(2,3)4/h5-10,13,17,22H,11-12H2,1-4H3. The van der Waals surface area contributed by atoms with Gasteiger partial charge in [0, 0.05) is 13.0 Å². The highest BCUT2D eigenvalue weighted by atomic mass is 32.2. The third kappa shape index (κ3) is 4.39. The van der Waals surface area contributed by atoms with E-state index in [1.807, 2.05) is 45.0 Å². The van der Waals surface area contributed by atoms with Gasteiger partial charge in [-0.1, -0.05) is 45.0 Å². The van der Waals surface area contributed by atoms with Crippen molar-refractivity contribution in [2.75, 3.05) is 0 Å². The van der Waals surface area contributed by atoms with Crippen LogP contribution in [0.5, 0.6) is 5.75 Å². The molecule has 3 rings (SSSR count). The van der Waals surface area contributed by atoms with Gasteiger partial charge in [-0.2, -0.15) is 0 Å². The summed E-state index contributed by atoms with van der Waals surface area (Å²) in [6.07, 6.45) is 1.19. The summed E-state index contributed by atoms with van der Waals surface area (Å²) >= 11 is 0. The molecular formula is C21H25NO4S. The van der Waals surface area contributed by atoms with Crippen molar-refractivity contribution in [2.24, 2.45) is 0 Å². The van der Waals surface area contributed by atoms with Gasteiger partial charge in [0.05, 0.1) is 4.90 Å². The maximum absolute atomic E-state index is 13.0. The Bertz CT molecular complexity index is 974. The number of carbonyl (C=O) groups is 1. The molecule has 0 bridgehead atoms. The zero-order chi connectivity index (χ0) is 19.8. The van der Waals surface area contributed by atoms with Crippen molar-refractivity contribution in [2.45, 2.75) is 56.9 Å². The first-order valence-corrected chi connectivity index (χ1v) is 10.5. The summed E-state index contributed by atoms with van der Waals surface area (Å²) in [5.74, 6) is 0.117. The summed E-state index contributed by atoms with van der Waals surface area (Å²) in [6.45, 7) is 7.37. The molecule has 6 heteroatoms. The van der Waals surface area contributed by atoms with Gasteiger partial charge in [0.15, 0.2) is 0 Å². The predicted molar refractivity (Wildman–Crippen MR) is 104 cm³/mol. The van der Waals surface area contributed by atoms with Crippen molar-refractivity contribution in [1.82, 2.24) is 4.72 Å². The normalized spacial score (nSPS) is 16.8. The van der Waals surface area contributed by atoms with Gasteiger partial charge >= 0.3 is 5.97 Å². The molecule has 0 aliphatic heterocycles. The average molecular weight is 388 g/mol. The first-order chi connectivity index (χ1) is 12.6. The van der Waals surface area contributed by atoms with Gasteiger partial charge in [-0.05, 0) is 53.1 Å². The molecule has 1 unspecified atom stereocenters. The molecule has 5 nitrogen and oxygen atoms in total. The summed E-state index contributed by atoms with van der Waals surface area (Å²) < 4.78 is 34.1. The number of nitrogens with one attached hydrogen (secondary N) is 1. The zero-order valence-electron chi connectivity index (χ0n) is 16.1. The van der Waals surface area contributed by atoms with E-state index < -0.39 is 10.0 Å². The zero-order valence-corrected chi connectivity index (χ0v) is 16.9. The van der Waals surface area contributed by atoms with Gasteiger partial charge in [0.1, 0.15) is 5.75 Å². The highest BCUT2D eigenvalue weighted by Gasteiger charge is 2.30. The van der Waals surface area contributed by atoms with Crippen LogP contribution < -0.4 is 9.46 Å². The van der Waals surface area contributed by atoms with Crippen LogP contribution >= 0.6 is 0 Å². The molecule has 1 atom stereocenters. The van der Waals surface area contributed by atoms with E-state index in [0.29, 0.717) is 23.5 Å². The Labute approximate surface area is 160 Å². The first-order valence-electron chi connectivity index (χ1n) is 8.98. The molecule has 0 fully saturated rings. The van der Waals surface area contributed by atoms with Gasteiger partial charge in [-0.3, -0.25) is 4.79 Å². The lowest BCUT2D eigenvalue weighted by Gasteiger charge is -2.23. The second kappa shape index (κ2) is 7.09. The van der Waals surface area contributed by atoms with E-state index in [-0.39, 0.29) is 17.4 Å². The van der Waals surface area contributed by atoms with E-state index in [1.54, 1.807) is 18.2 Å². The second-order valence-corrected chi connectivity index (χ2v) is 9.68. The number of hydrogen-bond donors (Lipinski definition) is 1. The molecular weight excluding hydrogens is 362 g/mol. The highest BCUT2D eigenvalue weighted by molar-refractivity contribution is 7.89. The SMILES string of the molecule is CC(=O)Oc1ccc2c(c1)CC(NS(=O)(=O)c1ccccc1C(C)(C)C)C2. The number of hydrogen-bond acceptors (Lipinski definition) is 4. The van der Waals surface area contributed by atoms with Gasteiger partial charge in [-0.25, -0.2) is 13.1 Å². The monoisotopic (exact) mass is 387 g/mol. The fraction of sp³-hybridized carbons (Fsp3) is 0.381. The Kier molecular flexibility index (Phi) is 5.14. The fourth-order valence-electron chi connectivity index (χ4n) is 3.51. The largest absolute Gasteiger partial charge is 0.427 e. The van der Waals surface area contributed by atoms with E-state index in [0.717, 1.165) is 16.7 Å². The van der Waals surface area contributed by atoms with Crippen molar-refractivity contribution in [3.63, 3.8) is 0 Å². The Morgan fingerprint density at radius 3 is 2.41 bits per heavy atom. The third-order valence-corrected chi connectivity index (χ3v) is 6.26. The topological polar surface area (TPSA) is 72.5 Å². The van der Waals surface area contributed by atoms with Crippen LogP contribution in [0.25, 0.3) is 0 Å². The lowest BCUT2D eigenvalue weighted by atomic mass is 9.87. The Hall–Kier alpha value is -2.18. The molecule has 144 valence electrons. The van der Waals surface area contributed by atoms with Gasteiger partial charge in [0.25, 0.3) is 0 Å². The smallest absolute Gasteiger partial charge is 0.308 e. The average Bonchev–Trinajstić information content (AvgIpc) is 2.94. The summed E-state index contributed by atoms with van der Waals surface area (Å²) in [4.78, 5) is 11.4. The number of rotatable bonds is 4. The molecule has 2 aromatic carbocycles. The Morgan fingerprint density at radius 1 is 1.07 bits per heavy atom. The summed E-state index contributed by atoms with van der Waals surface area (Å²) in [5.41, 5.74) is 2.60. The van der Waals surface area contributed by atoms with Crippen molar-refractivity contribution in [3.05, 3.63) is 59.2 Å². The molecule has 1 N–H and O–H groups in total. The first kappa shape index (κ1) is 19.6. The van der Waals surface area contributed by atoms with Crippen molar-refractivity contribution in [3.8, 4) is 5.75 Å². The molecule has 2 aromatic rings. The number of benzene rings is 2. The minimum absolute atomic E-state index is 0.217. The molecule has 0 aromatic heterocycles. The number of esters is 1. The van der Waals surface area contributed by atoms with E-state index in [2.05, 4.69) is 4.72 Å². The summed E-state index contributed by atoms with van der Waals surface area (Å²) in [6, 6.07) is 12.4. The Morgan fingerprint density at radius 2 is 1.74 bits per heavy atom. The van der Waals surface area contributed by atoms with E-state index in [4.69, 9.17) is 4.74 Å². The fourth-order valence-corrected chi connectivity index (χ4v) is 5.16. The van der Waals surface area contributed by atoms with Crippen molar-refractivity contribution in [1.29, 1.82) is 0 Å². The van der Waals surface area contributed by atoms with E-state index in [1.165, 1.54) is 6.92 Å².